The molecule has 104 valence electrons. The second-order valence-corrected chi connectivity index (χ2v) is 4.99. The van der Waals surface area contributed by atoms with Crippen molar-refractivity contribution in [2.45, 2.75) is 38.8 Å². The summed E-state index contributed by atoms with van der Waals surface area (Å²) in [6, 6.07) is 7.38. The smallest absolute Gasteiger partial charge is 0.307 e. The lowest BCUT2D eigenvalue weighted by Crippen LogP contribution is -2.40. The fourth-order valence-corrected chi connectivity index (χ4v) is 2.47. The van der Waals surface area contributed by atoms with E-state index in [1.807, 2.05) is 31.2 Å². The van der Waals surface area contributed by atoms with Crippen LogP contribution in [-0.4, -0.2) is 35.3 Å². The molecule has 4 nitrogen and oxygen atoms in total. The van der Waals surface area contributed by atoms with Crippen LogP contribution in [0.3, 0.4) is 0 Å². The number of benzene rings is 1. The Morgan fingerprint density at radius 2 is 2.00 bits per heavy atom. The van der Waals surface area contributed by atoms with Crippen LogP contribution < -0.4 is 4.74 Å². The number of carboxylic acid groups (broad SMARTS) is 1. The molecule has 1 unspecified atom stereocenters. The van der Waals surface area contributed by atoms with Gasteiger partial charge in [0.25, 0.3) is 0 Å². The predicted octanol–water partition coefficient (Wildman–Crippen LogP) is 2.52. The van der Waals surface area contributed by atoms with Gasteiger partial charge in [-0.3, -0.25) is 9.69 Å². The Morgan fingerprint density at radius 1 is 1.32 bits per heavy atom. The van der Waals surface area contributed by atoms with Gasteiger partial charge in [-0.15, -0.1) is 0 Å². The molecular formula is C15H21NO3. The number of hydrogen-bond acceptors (Lipinski definition) is 3. The summed E-state index contributed by atoms with van der Waals surface area (Å²) in [5.41, 5.74) is 0.735. The molecule has 1 aliphatic heterocycles. The predicted molar refractivity (Wildman–Crippen MR) is 73.3 cm³/mol. The van der Waals surface area contributed by atoms with Gasteiger partial charge in [-0.25, -0.2) is 0 Å². The number of carboxylic acids is 1. The van der Waals surface area contributed by atoms with E-state index in [4.69, 9.17) is 9.84 Å². The molecule has 1 fully saturated rings. The quantitative estimate of drug-likeness (QED) is 0.887. The molecule has 19 heavy (non-hydrogen) atoms. The third-order valence-corrected chi connectivity index (χ3v) is 3.52. The van der Waals surface area contributed by atoms with E-state index in [9.17, 15) is 4.79 Å². The van der Waals surface area contributed by atoms with Crippen molar-refractivity contribution in [3.8, 4) is 5.75 Å². The van der Waals surface area contributed by atoms with Crippen LogP contribution in [-0.2, 0) is 11.2 Å². The summed E-state index contributed by atoms with van der Waals surface area (Å²) in [6.45, 7) is 4.15. The van der Waals surface area contributed by atoms with Gasteiger partial charge in [-0.05, 0) is 25.8 Å². The second kappa shape index (κ2) is 6.57. The number of aliphatic carboxylic acids is 1. The molecule has 1 atom stereocenters. The van der Waals surface area contributed by atoms with Gasteiger partial charge in [0.1, 0.15) is 12.0 Å². The SMILES string of the molecule is CC(Oc1ccccc1CC(=O)O)N1CCCCC1. The molecule has 0 bridgehead atoms. The van der Waals surface area contributed by atoms with Crippen molar-refractivity contribution in [1.29, 1.82) is 0 Å². The first-order valence-corrected chi connectivity index (χ1v) is 6.87. The monoisotopic (exact) mass is 263 g/mol. The van der Waals surface area contributed by atoms with E-state index in [0.29, 0.717) is 5.75 Å². The van der Waals surface area contributed by atoms with Crippen LogP contribution in [0.1, 0.15) is 31.7 Å². The Bertz CT molecular complexity index is 427. The van der Waals surface area contributed by atoms with E-state index in [2.05, 4.69) is 4.90 Å². The number of piperidine rings is 1. The van der Waals surface area contributed by atoms with Crippen molar-refractivity contribution in [3.05, 3.63) is 29.8 Å². The van der Waals surface area contributed by atoms with Crippen LogP contribution in [0.15, 0.2) is 24.3 Å². The minimum absolute atomic E-state index is 0.00287. The Hall–Kier alpha value is -1.55. The molecule has 4 heteroatoms. The van der Waals surface area contributed by atoms with E-state index in [1.165, 1.54) is 19.3 Å². The van der Waals surface area contributed by atoms with Crippen molar-refractivity contribution in [1.82, 2.24) is 4.90 Å². The molecule has 1 aromatic rings. The van der Waals surface area contributed by atoms with Crippen molar-refractivity contribution >= 4 is 5.97 Å². The lowest BCUT2D eigenvalue weighted by Gasteiger charge is -2.32. The Labute approximate surface area is 114 Å². The Morgan fingerprint density at radius 3 is 2.68 bits per heavy atom. The zero-order valence-electron chi connectivity index (χ0n) is 11.3. The minimum Gasteiger partial charge on any atom is -0.481 e. The largest absolute Gasteiger partial charge is 0.481 e. The highest BCUT2D eigenvalue weighted by Crippen LogP contribution is 2.22. The highest BCUT2D eigenvalue weighted by atomic mass is 16.5. The molecule has 1 aromatic carbocycles. The van der Waals surface area contributed by atoms with Crippen LogP contribution >= 0.6 is 0 Å². The Balaban J connectivity index is 2.02. The molecule has 0 aliphatic carbocycles. The summed E-state index contributed by atoms with van der Waals surface area (Å²) in [7, 11) is 0. The normalized spacial score (nSPS) is 17.9. The maximum absolute atomic E-state index is 10.8. The highest BCUT2D eigenvalue weighted by molar-refractivity contribution is 5.71. The molecule has 2 rings (SSSR count). The van der Waals surface area contributed by atoms with Gasteiger partial charge in [-0.1, -0.05) is 24.6 Å². The molecular weight excluding hydrogens is 242 g/mol. The number of para-hydroxylation sites is 1. The summed E-state index contributed by atoms with van der Waals surface area (Å²) >= 11 is 0. The number of hydrogen-bond donors (Lipinski definition) is 1. The number of carbonyl (C=O) groups is 1. The van der Waals surface area contributed by atoms with Crippen LogP contribution in [0.25, 0.3) is 0 Å². The molecule has 1 N–H and O–H groups in total. The van der Waals surface area contributed by atoms with E-state index in [1.54, 1.807) is 0 Å². The van der Waals surface area contributed by atoms with Crippen molar-refractivity contribution in [2.24, 2.45) is 0 Å². The second-order valence-electron chi connectivity index (χ2n) is 4.99. The molecule has 0 saturated carbocycles. The molecule has 0 aromatic heterocycles. The first-order valence-electron chi connectivity index (χ1n) is 6.87. The number of likely N-dealkylation sites (tertiary alicyclic amines) is 1. The highest BCUT2D eigenvalue weighted by Gasteiger charge is 2.19. The van der Waals surface area contributed by atoms with Crippen LogP contribution in [0.5, 0.6) is 5.75 Å². The first-order chi connectivity index (χ1) is 9.16. The molecule has 1 saturated heterocycles. The fraction of sp³-hybridized carbons (Fsp3) is 0.533. The number of rotatable bonds is 5. The van der Waals surface area contributed by atoms with Gasteiger partial charge in [0.15, 0.2) is 0 Å². The zero-order valence-corrected chi connectivity index (χ0v) is 11.3. The number of ether oxygens (including phenoxy) is 1. The summed E-state index contributed by atoms with van der Waals surface area (Å²) in [5, 5.41) is 8.91. The molecule has 0 spiro atoms. The van der Waals surface area contributed by atoms with Gasteiger partial charge < -0.3 is 9.84 Å². The van der Waals surface area contributed by atoms with Gasteiger partial charge >= 0.3 is 5.97 Å². The third kappa shape index (κ3) is 3.96. The maximum Gasteiger partial charge on any atom is 0.307 e. The van der Waals surface area contributed by atoms with Crippen molar-refractivity contribution in [2.75, 3.05) is 13.1 Å². The van der Waals surface area contributed by atoms with Crippen molar-refractivity contribution < 1.29 is 14.6 Å². The van der Waals surface area contributed by atoms with Gasteiger partial charge in [0, 0.05) is 18.7 Å². The van der Waals surface area contributed by atoms with E-state index in [-0.39, 0.29) is 12.6 Å². The first kappa shape index (κ1) is 13.9. The van der Waals surface area contributed by atoms with Crippen LogP contribution in [0.2, 0.25) is 0 Å². The topological polar surface area (TPSA) is 49.8 Å². The van der Waals surface area contributed by atoms with E-state index in [0.717, 1.165) is 18.7 Å². The van der Waals surface area contributed by atoms with E-state index < -0.39 is 5.97 Å². The van der Waals surface area contributed by atoms with Gasteiger partial charge in [0.2, 0.25) is 0 Å². The molecule has 1 aliphatic rings. The molecule has 0 amide bonds. The van der Waals surface area contributed by atoms with Gasteiger partial charge in [-0.2, -0.15) is 0 Å². The fourth-order valence-electron chi connectivity index (χ4n) is 2.47. The minimum atomic E-state index is -0.832. The lowest BCUT2D eigenvalue weighted by molar-refractivity contribution is -0.136. The average Bonchev–Trinajstić information content (AvgIpc) is 2.41. The number of nitrogens with zero attached hydrogens (tertiary/aromatic N) is 1. The third-order valence-electron chi connectivity index (χ3n) is 3.52. The van der Waals surface area contributed by atoms with Crippen molar-refractivity contribution in [3.63, 3.8) is 0 Å². The lowest BCUT2D eigenvalue weighted by atomic mass is 10.1. The van der Waals surface area contributed by atoms with Crippen LogP contribution in [0.4, 0.5) is 0 Å². The Kier molecular flexibility index (Phi) is 4.80. The average molecular weight is 263 g/mol. The zero-order chi connectivity index (χ0) is 13.7. The summed E-state index contributed by atoms with van der Waals surface area (Å²) in [6.07, 6.45) is 3.71. The van der Waals surface area contributed by atoms with Gasteiger partial charge in [0.05, 0.1) is 6.42 Å². The summed E-state index contributed by atoms with van der Waals surface area (Å²) in [4.78, 5) is 13.1. The summed E-state index contributed by atoms with van der Waals surface area (Å²) < 4.78 is 5.95. The van der Waals surface area contributed by atoms with E-state index >= 15 is 0 Å². The van der Waals surface area contributed by atoms with Crippen LogP contribution in [0, 0.1) is 0 Å². The summed E-state index contributed by atoms with van der Waals surface area (Å²) in [5.74, 6) is -0.148. The maximum atomic E-state index is 10.8. The standard InChI is InChI=1S/C15H21NO3/c1-12(16-9-5-2-6-10-16)19-14-8-4-3-7-13(14)11-15(17)18/h3-4,7-8,12H,2,5-6,9-11H2,1H3,(H,17,18). The molecule has 0 radical (unpaired) electrons. The molecule has 1 heterocycles.